The van der Waals surface area contributed by atoms with E-state index in [1.54, 1.807) is 18.2 Å². The first-order valence-electron chi connectivity index (χ1n) is 7.53. The number of aliphatic hydroxyl groups is 1. The average molecular weight is 310 g/mol. The lowest BCUT2D eigenvalue weighted by atomic mass is 9.85. The molecule has 3 rings (SSSR count). The SMILES string of the molecule is O=C1CC(O)=CC(CCc2ccc(O)cc2)(c2ccccc2)O1. The number of aliphatic hydroxyl groups excluding tert-OH is 1. The molecule has 0 radical (unpaired) electrons. The first-order chi connectivity index (χ1) is 11.1. The molecule has 2 aromatic carbocycles. The van der Waals surface area contributed by atoms with Crippen LogP contribution < -0.4 is 0 Å². The van der Waals surface area contributed by atoms with Gasteiger partial charge in [0.05, 0.1) is 0 Å². The van der Waals surface area contributed by atoms with E-state index in [1.165, 1.54) is 0 Å². The predicted octanol–water partition coefficient (Wildman–Crippen LogP) is 3.61. The maximum Gasteiger partial charge on any atom is 0.314 e. The van der Waals surface area contributed by atoms with E-state index in [1.807, 2.05) is 42.5 Å². The molecule has 0 bridgehead atoms. The van der Waals surface area contributed by atoms with Crippen molar-refractivity contribution in [3.63, 3.8) is 0 Å². The summed E-state index contributed by atoms with van der Waals surface area (Å²) in [6.45, 7) is 0. The van der Waals surface area contributed by atoms with E-state index in [4.69, 9.17) is 4.74 Å². The Kier molecular flexibility index (Phi) is 4.06. The van der Waals surface area contributed by atoms with E-state index in [9.17, 15) is 15.0 Å². The second-order valence-corrected chi connectivity index (χ2v) is 5.71. The lowest BCUT2D eigenvalue weighted by Crippen LogP contribution is -2.35. The minimum absolute atomic E-state index is 0.0378. The van der Waals surface area contributed by atoms with Gasteiger partial charge in [0.2, 0.25) is 0 Å². The zero-order chi connectivity index (χ0) is 16.3. The maximum atomic E-state index is 11.9. The Morgan fingerprint density at radius 1 is 1.00 bits per heavy atom. The number of phenolic OH excluding ortho intramolecular Hbond substituents is 1. The number of carbonyl (C=O) groups is 1. The van der Waals surface area contributed by atoms with Crippen molar-refractivity contribution in [2.24, 2.45) is 0 Å². The predicted molar refractivity (Wildman–Crippen MR) is 86.0 cm³/mol. The van der Waals surface area contributed by atoms with E-state index in [-0.39, 0.29) is 17.9 Å². The minimum atomic E-state index is -0.960. The van der Waals surface area contributed by atoms with Gasteiger partial charge in [0.25, 0.3) is 0 Å². The van der Waals surface area contributed by atoms with Crippen LogP contribution in [0, 0.1) is 0 Å². The molecular formula is C19H18O4. The zero-order valence-electron chi connectivity index (χ0n) is 12.6. The summed E-state index contributed by atoms with van der Waals surface area (Å²) in [5.74, 6) is -0.177. The van der Waals surface area contributed by atoms with Crippen LogP contribution in [0.1, 0.15) is 24.0 Å². The molecule has 23 heavy (non-hydrogen) atoms. The lowest BCUT2D eigenvalue weighted by Gasteiger charge is -2.34. The van der Waals surface area contributed by atoms with Crippen molar-refractivity contribution in [3.8, 4) is 5.75 Å². The van der Waals surface area contributed by atoms with Crippen LogP contribution in [0.2, 0.25) is 0 Å². The summed E-state index contributed by atoms with van der Waals surface area (Å²) in [6, 6.07) is 16.4. The third-order valence-electron chi connectivity index (χ3n) is 4.01. The van der Waals surface area contributed by atoms with Gasteiger partial charge >= 0.3 is 5.97 Å². The van der Waals surface area contributed by atoms with E-state index >= 15 is 0 Å². The van der Waals surface area contributed by atoms with Crippen LogP contribution >= 0.6 is 0 Å². The molecule has 1 atom stereocenters. The van der Waals surface area contributed by atoms with Gasteiger partial charge in [0.1, 0.15) is 17.9 Å². The molecular weight excluding hydrogens is 292 g/mol. The highest BCUT2D eigenvalue weighted by atomic mass is 16.6. The van der Waals surface area contributed by atoms with Crippen LogP contribution in [0.15, 0.2) is 66.4 Å². The molecule has 1 heterocycles. The minimum Gasteiger partial charge on any atom is -0.512 e. The van der Waals surface area contributed by atoms with Crippen molar-refractivity contribution in [3.05, 3.63) is 77.6 Å². The number of ether oxygens (including phenoxy) is 1. The largest absolute Gasteiger partial charge is 0.512 e. The molecule has 2 N–H and O–H groups in total. The second-order valence-electron chi connectivity index (χ2n) is 5.71. The number of aryl methyl sites for hydroxylation is 1. The van der Waals surface area contributed by atoms with Crippen LogP contribution in [0.3, 0.4) is 0 Å². The Labute approximate surface area is 134 Å². The maximum absolute atomic E-state index is 11.9. The van der Waals surface area contributed by atoms with Crippen LogP contribution in [0.4, 0.5) is 0 Å². The standard InChI is InChI=1S/C19H18O4/c20-16-8-6-14(7-9-16)10-11-19(15-4-2-1-3-5-15)13-17(21)12-18(22)23-19/h1-9,13,20-21H,10-12H2. The van der Waals surface area contributed by atoms with E-state index in [2.05, 4.69) is 0 Å². The monoisotopic (exact) mass is 310 g/mol. The number of hydrogen-bond acceptors (Lipinski definition) is 4. The molecule has 1 aliphatic rings. The molecule has 0 saturated carbocycles. The highest BCUT2D eigenvalue weighted by molar-refractivity contribution is 5.74. The molecule has 4 heteroatoms. The molecule has 4 nitrogen and oxygen atoms in total. The number of rotatable bonds is 4. The molecule has 0 aromatic heterocycles. The number of cyclic esters (lactones) is 1. The summed E-state index contributed by atoms with van der Waals surface area (Å²) in [5.41, 5.74) is 0.893. The van der Waals surface area contributed by atoms with Gasteiger partial charge in [-0.15, -0.1) is 0 Å². The van der Waals surface area contributed by atoms with Crippen molar-refractivity contribution in [2.45, 2.75) is 24.9 Å². The summed E-state index contributed by atoms with van der Waals surface area (Å²) < 4.78 is 5.65. The molecule has 0 amide bonds. The van der Waals surface area contributed by atoms with Gasteiger partial charge in [-0.2, -0.15) is 0 Å². The highest BCUT2D eigenvalue weighted by Crippen LogP contribution is 2.37. The summed E-state index contributed by atoms with van der Waals surface area (Å²) >= 11 is 0. The third kappa shape index (κ3) is 3.37. The van der Waals surface area contributed by atoms with Gasteiger partial charge in [0, 0.05) is 6.08 Å². The molecule has 0 saturated heterocycles. The third-order valence-corrected chi connectivity index (χ3v) is 4.01. The number of phenols is 1. The first-order valence-corrected chi connectivity index (χ1v) is 7.53. The summed E-state index contributed by atoms with van der Waals surface area (Å²) in [4.78, 5) is 11.9. The number of carbonyl (C=O) groups excluding carboxylic acids is 1. The Morgan fingerprint density at radius 2 is 1.70 bits per heavy atom. The molecule has 1 unspecified atom stereocenters. The van der Waals surface area contributed by atoms with Crippen LogP contribution in [0.5, 0.6) is 5.75 Å². The Hall–Kier alpha value is -2.75. The van der Waals surface area contributed by atoms with Crippen molar-refractivity contribution >= 4 is 5.97 Å². The van der Waals surface area contributed by atoms with Crippen molar-refractivity contribution in [1.82, 2.24) is 0 Å². The summed E-state index contributed by atoms with van der Waals surface area (Å²) in [6.07, 6.45) is 2.70. The molecule has 1 aliphatic heterocycles. The first kappa shape index (κ1) is 15.2. The lowest BCUT2D eigenvalue weighted by molar-refractivity contribution is -0.159. The topological polar surface area (TPSA) is 66.8 Å². The molecule has 0 spiro atoms. The van der Waals surface area contributed by atoms with E-state index in [0.29, 0.717) is 12.8 Å². The van der Waals surface area contributed by atoms with Gasteiger partial charge < -0.3 is 14.9 Å². The van der Waals surface area contributed by atoms with Crippen molar-refractivity contribution in [2.75, 3.05) is 0 Å². The fourth-order valence-electron chi connectivity index (χ4n) is 2.86. The quantitative estimate of drug-likeness (QED) is 0.847. The van der Waals surface area contributed by atoms with Gasteiger partial charge in [-0.05, 0) is 36.1 Å². The summed E-state index contributed by atoms with van der Waals surface area (Å²) in [7, 11) is 0. The van der Waals surface area contributed by atoms with Gasteiger partial charge in [-0.3, -0.25) is 4.79 Å². The van der Waals surface area contributed by atoms with Gasteiger partial charge in [0.15, 0.2) is 5.60 Å². The number of aromatic hydroxyl groups is 1. The fourth-order valence-corrected chi connectivity index (χ4v) is 2.86. The van der Waals surface area contributed by atoms with Crippen molar-refractivity contribution < 1.29 is 19.7 Å². The normalized spacial score (nSPS) is 20.7. The highest BCUT2D eigenvalue weighted by Gasteiger charge is 2.38. The molecule has 118 valence electrons. The van der Waals surface area contributed by atoms with E-state index in [0.717, 1.165) is 11.1 Å². The summed E-state index contributed by atoms with van der Waals surface area (Å²) in [5, 5.41) is 19.3. The molecule has 0 fully saturated rings. The smallest absolute Gasteiger partial charge is 0.314 e. The number of esters is 1. The van der Waals surface area contributed by atoms with Gasteiger partial charge in [-0.1, -0.05) is 42.5 Å². The van der Waals surface area contributed by atoms with Crippen LogP contribution in [-0.4, -0.2) is 16.2 Å². The Balaban J connectivity index is 1.91. The second kappa shape index (κ2) is 6.16. The van der Waals surface area contributed by atoms with E-state index < -0.39 is 11.6 Å². The molecule has 2 aromatic rings. The number of benzene rings is 2. The van der Waals surface area contributed by atoms with Gasteiger partial charge in [-0.25, -0.2) is 0 Å². The average Bonchev–Trinajstić information content (AvgIpc) is 2.54. The number of hydrogen-bond donors (Lipinski definition) is 2. The Bertz CT molecular complexity index is 719. The molecule has 0 aliphatic carbocycles. The fraction of sp³-hybridized carbons (Fsp3) is 0.211. The van der Waals surface area contributed by atoms with Crippen LogP contribution in [0.25, 0.3) is 0 Å². The Morgan fingerprint density at radius 3 is 2.35 bits per heavy atom. The zero-order valence-corrected chi connectivity index (χ0v) is 12.6. The van der Waals surface area contributed by atoms with Crippen LogP contribution in [-0.2, 0) is 21.6 Å². The van der Waals surface area contributed by atoms with Crippen molar-refractivity contribution in [1.29, 1.82) is 0 Å².